The van der Waals surface area contributed by atoms with Crippen molar-refractivity contribution >= 4 is 21.9 Å². The number of carbonyl (C=O) groups is 2. The van der Waals surface area contributed by atoms with E-state index in [4.69, 9.17) is 9.47 Å². The van der Waals surface area contributed by atoms with Crippen molar-refractivity contribution < 1.29 is 31.9 Å². The molecule has 0 aliphatic carbocycles. The van der Waals surface area contributed by atoms with Gasteiger partial charge in [0, 0.05) is 13.1 Å². The molecule has 1 N–H and O–H groups in total. The maximum absolute atomic E-state index is 14.1. The van der Waals surface area contributed by atoms with Gasteiger partial charge in [-0.2, -0.15) is 4.31 Å². The number of morpholine rings is 1. The molecule has 0 aromatic heterocycles. The Hall–Kier alpha value is -2.82. The van der Waals surface area contributed by atoms with Gasteiger partial charge in [-0.05, 0) is 23.8 Å². The van der Waals surface area contributed by atoms with E-state index in [0.717, 1.165) is 23.8 Å². The third kappa shape index (κ3) is 5.41. The minimum atomic E-state index is -3.89. The molecule has 0 unspecified atom stereocenters. The van der Waals surface area contributed by atoms with Gasteiger partial charge in [0.2, 0.25) is 10.0 Å². The zero-order chi connectivity index (χ0) is 21.6. The molecule has 0 radical (unpaired) electrons. The molecule has 30 heavy (non-hydrogen) atoms. The Balaban J connectivity index is 1.62. The van der Waals surface area contributed by atoms with Crippen LogP contribution in [0.1, 0.15) is 15.9 Å². The topological polar surface area (TPSA) is 102 Å². The van der Waals surface area contributed by atoms with Crippen molar-refractivity contribution in [3.63, 3.8) is 0 Å². The van der Waals surface area contributed by atoms with Crippen LogP contribution in [0.3, 0.4) is 0 Å². The Labute approximate surface area is 173 Å². The number of esters is 1. The van der Waals surface area contributed by atoms with E-state index in [-0.39, 0.29) is 37.8 Å². The Morgan fingerprint density at radius 3 is 2.50 bits per heavy atom. The smallest absolute Gasteiger partial charge is 0.325 e. The van der Waals surface area contributed by atoms with Crippen LogP contribution in [0.25, 0.3) is 0 Å². The second-order valence-corrected chi connectivity index (χ2v) is 8.43. The number of benzene rings is 2. The number of nitrogens with zero attached hydrogens (tertiary/aromatic N) is 1. The SMILES string of the molecule is O=C(CNC(=O)c1cc(S(=O)(=O)N2CCOCC2)ccc1F)OCc1ccccc1. The average Bonchev–Trinajstić information content (AvgIpc) is 2.77. The van der Waals surface area contributed by atoms with Gasteiger partial charge < -0.3 is 14.8 Å². The highest BCUT2D eigenvalue weighted by molar-refractivity contribution is 7.89. The summed E-state index contributed by atoms with van der Waals surface area (Å²) >= 11 is 0. The first-order valence-corrected chi connectivity index (χ1v) is 10.7. The van der Waals surface area contributed by atoms with Gasteiger partial charge in [-0.3, -0.25) is 9.59 Å². The lowest BCUT2D eigenvalue weighted by Gasteiger charge is -2.26. The molecule has 0 spiro atoms. The van der Waals surface area contributed by atoms with Gasteiger partial charge in [-0.25, -0.2) is 12.8 Å². The Kier molecular flexibility index (Phi) is 7.14. The van der Waals surface area contributed by atoms with Crippen LogP contribution in [0.4, 0.5) is 4.39 Å². The molecule has 1 heterocycles. The quantitative estimate of drug-likeness (QED) is 0.657. The number of carbonyl (C=O) groups excluding carboxylic acids is 2. The van der Waals surface area contributed by atoms with Gasteiger partial charge in [0.1, 0.15) is 19.0 Å². The van der Waals surface area contributed by atoms with Crippen LogP contribution in [-0.2, 0) is 30.9 Å². The Morgan fingerprint density at radius 2 is 1.80 bits per heavy atom. The van der Waals surface area contributed by atoms with Crippen LogP contribution in [0.15, 0.2) is 53.4 Å². The zero-order valence-corrected chi connectivity index (χ0v) is 16.9. The molecule has 1 aliphatic rings. The monoisotopic (exact) mass is 436 g/mol. The largest absolute Gasteiger partial charge is 0.460 e. The standard InChI is InChI=1S/C20H21FN2O6S/c21-18-7-6-16(30(26,27)23-8-10-28-11-9-23)12-17(18)20(25)22-13-19(24)29-14-15-4-2-1-3-5-15/h1-7,12H,8-11,13-14H2,(H,22,25). The maximum Gasteiger partial charge on any atom is 0.325 e. The number of sulfonamides is 1. The second-order valence-electron chi connectivity index (χ2n) is 6.49. The summed E-state index contributed by atoms with van der Waals surface area (Å²) in [5, 5.41) is 2.25. The molecule has 1 fully saturated rings. The van der Waals surface area contributed by atoms with Gasteiger partial charge >= 0.3 is 5.97 Å². The fourth-order valence-corrected chi connectivity index (χ4v) is 4.25. The van der Waals surface area contributed by atoms with Crippen LogP contribution >= 0.6 is 0 Å². The summed E-state index contributed by atoms with van der Waals surface area (Å²) in [6, 6.07) is 12.0. The summed E-state index contributed by atoms with van der Waals surface area (Å²) in [7, 11) is -3.89. The fourth-order valence-electron chi connectivity index (χ4n) is 2.81. The van der Waals surface area contributed by atoms with E-state index in [1.165, 1.54) is 4.31 Å². The molecule has 3 rings (SSSR count). The first-order chi connectivity index (χ1) is 14.4. The number of ether oxygens (including phenoxy) is 2. The molecule has 0 saturated carbocycles. The molecular formula is C20H21FN2O6S. The number of hydrogen-bond donors (Lipinski definition) is 1. The van der Waals surface area contributed by atoms with Gasteiger partial charge in [0.25, 0.3) is 5.91 Å². The maximum atomic E-state index is 14.1. The van der Waals surface area contributed by atoms with Crippen LogP contribution in [0.5, 0.6) is 0 Å². The van der Waals surface area contributed by atoms with Crippen molar-refractivity contribution in [1.29, 1.82) is 0 Å². The summed E-state index contributed by atoms with van der Waals surface area (Å²) in [5.74, 6) is -2.51. The molecule has 1 amide bonds. The fraction of sp³-hybridized carbons (Fsp3) is 0.300. The normalized spacial score (nSPS) is 14.8. The van der Waals surface area contributed by atoms with E-state index in [2.05, 4.69) is 5.32 Å². The molecule has 0 atom stereocenters. The van der Waals surface area contributed by atoms with E-state index in [0.29, 0.717) is 0 Å². The summed E-state index contributed by atoms with van der Waals surface area (Å²) in [5.41, 5.74) is 0.310. The third-order valence-electron chi connectivity index (χ3n) is 4.43. The molecule has 160 valence electrons. The van der Waals surface area contributed by atoms with Crippen LogP contribution in [0.2, 0.25) is 0 Å². The van der Waals surface area contributed by atoms with E-state index in [1.807, 2.05) is 6.07 Å². The van der Waals surface area contributed by atoms with Gasteiger partial charge in [-0.15, -0.1) is 0 Å². The third-order valence-corrected chi connectivity index (χ3v) is 6.32. The van der Waals surface area contributed by atoms with Crippen molar-refractivity contribution in [3.05, 3.63) is 65.5 Å². The van der Waals surface area contributed by atoms with E-state index < -0.39 is 39.8 Å². The highest BCUT2D eigenvalue weighted by Gasteiger charge is 2.28. The lowest BCUT2D eigenvalue weighted by molar-refractivity contribution is -0.143. The number of halogens is 1. The van der Waals surface area contributed by atoms with Crippen molar-refractivity contribution in [2.75, 3.05) is 32.8 Å². The average molecular weight is 436 g/mol. The molecule has 10 heteroatoms. The Bertz CT molecular complexity index is 1010. The van der Waals surface area contributed by atoms with Crippen LogP contribution in [0, 0.1) is 5.82 Å². The number of hydrogen-bond acceptors (Lipinski definition) is 6. The van der Waals surface area contributed by atoms with E-state index in [9.17, 15) is 22.4 Å². The Morgan fingerprint density at radius 1 is 1.10 bits per heavy atom. The lowest BCUT2D eigenvalue weighted by Crippen LogP contribution is -2.40. The van der Waals surface area contributed by atoms with Crippen molar-refractivity contribution in [2.24, 2.45) is 0 Å². The summed E-state index contributed by atoms with van der Waals surface area (Å²) in [4.78, 5) is 23.9. The van der Waals surface area contributed by atoms with Gasteiger partial charge in [0.15, 0.2) is 0 Å². The number of nitrogens with one attached hydrogen (secondary N) is 1. The summed E-state index contributed by atoms with van der Waals surface area (Å²) < 4.78 is 50.9. The van der Waals surface area contributed by atoms with E-state index >= 15 is 0 Å². The number of rotatable bonds is 7. The molecule has 8 nitrogen and oxygen atoms in total. The molecule has 2 aromatic carbocycles. The van der Waals surface area contributed by atoms with Crippen molar-refractivity contribution in [2.45, 2.75) is 11.5 Å². The zero-order valence-electron chi connectivity index (χ0n) is 16.0. The minimum Gasteiger partial charge on any atom is -0.460 e. The van der Waals surface area contributed by atoms with Gasteiger partial charge in [-0.1, -0.05) is 30.3 Å². The van der Waals surface area contributed by atoms with E-state index in [1.54, 1.807) is 24.3 Å². The number of amides is 1. The molecule has 2 aromatic rings. The van der Waals surface area contributed by atoms with Crippen molar-refractivity contribution in [3.8, 4) is 0 Å². The highest BCUT2D eigenvalue weighted by Crippen LogP contribution is 2.20. The van der Waals surface area contributed by atoms with Crippen LogP contribution < -0.4 is 5.32 Å². The molecule has 1 saturated heterocycles. The molecular weight excluding hydrogens is 415 g/mol. The summed E-state index contributed by atoms with van der Waals surface area (Å²) in [6.07, 6.45) is 0. The highest BCUT2D eigenvalue weighted by atomic mass is 32.2. The first-order valence-electron chi connectivity index (χ1n) is 9.23. The lowest BCUT2D eigenvalue weighted by atomic mass is 10.2. The minimum absolute atomic E-state index is 0.0389. The van der Waals surface area contributed by atoms with Crippen LogP contribution in [-0.4, -0.2) is 57.4 Å². The summed E-state index contributed by atoms with van der Waals surface area (Å²) in [6.45, 7) is 0.434. The molecule has 0 bridgehead atoms. The van der Waals surface area contributed by atoms with Crippen molar-refractivity contribution in [1.82, 2.24) is 9.62 Å². The molecule has 1 aliphatic heterocycles. The predicted octanol–water partition coefficient (Wildman–Crippen LogP) is 1.32. The second kappa shape index (κ2) is 9.79. The van der Waals surface area contributed by atoms with Gasteiger partial charge in [0.05, 0.1) is 23.7 Å². The first kappa shape index (κ1) is 21.9. The predicted molar refractivity (Wildman–Crippen MR) is 105 cm³/mol.